The highest BCUT2D eigenvalue weighted by Crippen LogP contribution is 2.29. The molecule has 0 saturated carbocycles. The maximum Gasteiger partial charge on any atom is 0.325 e. The molecule has 2 aromatic rings. The van der Waals surface area contributed by atoms with Crippen LogP contribution in [0, 0.1) is 12.8 Å². The van der Waals surface area contributed by atoms with E-state index in [1.165, 1.54) is 0 Å². The third-order valence-corrected chi connectivity index (χ3v) is 5.29. The average Bonchev–Trinajstić information content (AvgIpc) is 2.92. The largest absolute Gasteiger partial charge is 0.326 e. The molecule has 0 radical (unpaired) electrons. The van der Waals surface area contributed by atoms with Gasteiger partial charge in [0.05, 0.1) is 6.54 Å². The summed E-state index contributed by atoms with van der Waals surface area (Å²) in [6.07, 6.45) is 0.409. The molecule has 3 rings (SSSR count). The number of hydrogen-bond acceptors (Lipinski definition) is 4. The molecule has 1 atom stereocenters. The Morgan fingerprint density at radius 2 is 1.65 bits per heavy atom. The number of hydrogen-bond donors (Lipinski definition) is 2. The third-order valence-electron chi connectivity index (χ3n) is 5.29. The van der Waals surface area contributed by atoms with Crippen LogP contribution in [0.4, 0.5) is 10.5 Å². The van der Waals surface area contributed by atoms with Crippen LogP contribution in [0.2, 0.25) is 0 Å². The summed E-state index contributed by atoms with van der Waals surface area (Å²) in [7, 11) is 0. The van der Waals surface area contributed by atoms with E-state index in [1.54, 1.807) is 43.3 Å². The van der Waals surface area contributed by atoms with Gasteiger partial charge in [0.15, 0.2) is 5.78 Å². The van der Waals surface area contributed by atoms with Gasteiger partial charge in [-0.2, -0.15) is 0 Å². The molecule has 0 spiro atoms. The molecule has 162 valence electrons. The summed E-state index contributed by atoms with van der Waals surface area (Å²) in [5.41, 5.74) is 1.43. The monoisotopic (exact) mass is 421 g/mol. The smallest absolute Gasteiger partial charge is 0.325 e. The van der Waals surface area contributed by atoms with Crippen molar-refractivity contribution in [2.24, 2.45) is 5.92 Å². The molecule has 0 bridgehead atoms. The Labute approximate surface area is 181 Å². The van der Waals surface area contributed by atoms with Crippen molar-refractivity contribution in [2.45, 2.75) is 39.7 Å². The molecule has 1 heterocycles. The Balaban J connectivity index is 1.68. The summed E-state index contributed by atoms with van der Waals surface area (Å²) >= 11 is 0. The fourth-order valence-corrected chi connectivity index (χ4v) is 3.48. The number of benzene rings is 2. The molecular weight excluding hydrogens is 394 g/mol. The minimum absolute atomic E-state index is 0.0937. The average molecular weight is 421 g/mol. The Morgan fingerprint density at radius 1 is 1.03 bits per heavy atom. The van der Waals surface area contributed by atoms with Gasteiger partial charge in [-0.15, -0.1) is 0 Å². The van der Waals surface area contributed by atoms with Gasteiger partial charge in [-0.05, 0) is 49.6 Å². The number of carbonyl (C=O) groups excluding carboxylic acids is 4. The van der Waals surface area contributed by atoms with Crippen LogP contribution in [0.1, 0.15) is 48.7 Å². The van der Waals surface area contributed by atoms with Crippen molar-refractivity contribution in [2.75, 3.05) is 11.9 Å². The highest BCUT2D eigenvalue weighted by molar-refractivity contribution is 6.11. The van der Waals surface area contributed by atoms with Gasteiger partial charge >= 0.3 is 6.03 Å². The van der Waals surface area contributed by atoms with Crippen molar-refractivity contribution in [1.82, 2.24) is 10.2 Å². The molecule has 1 aliphatic heterocycles. The second-order valence-corrected chi connectivity index (χ2v) is 8.46. The molecule has 1 aliphatic rings. The maximum atomic E-state index is 13.0. The van der Waals surface area contributed by atoms with Crippen molar-refractivity contribution in [3.63, 3.8) is 0 Å². The van der Waals surface area contributed by atoms with Crippen molar-refractivity contribution in [3.05, 3.63) is 65.2 Å². The van der Waals surface area contributed by atoms with E-state index in [9.17, 15) is 19.2 Å². The summed E-state index contributed by atoms with van der Waals surface area (Å²) in [6, 6.07) is 13.2. The number of nitrogens with zero attached hydrogens (tertiary/aromatic N) is 1. The summed E-state index contributed by atoms with van der Waals surface area (Å²) in [5, 5.41) is 5.49. The van der Waals surface area contributed by atoms with Crippen LogP contribution in [0.15, 0.2) is 48.5 Å². The van der Waals surface area contributed by atoms with Crippen molar-refractivity contribution < 1.29 is 19.2 Å². The fourth-order valence-electron chi connectivity index (χ4n) is 3.48. The van der Waals surface area contributed by atoms with Crippen molar-refractivity contribution in [1.29, 1.82) is 0 Å². The zero-order valence-corrected chi connectivity index (χ0v) is 18.2. The number of anilines is 1. The van der Waals surface area contributed by atoms with E-state index in [2.05, 4.69) is 10.6 Å². The van der Waals surface area contributed by atoms with E-state index in [4.69, 9.17) is 0 Å². The summed E-state index contributed by atoms with van der Waals surface area (Å²) in [4.78, 5) is 51.0. The predicted molar refractivity (Wildman–Crippen MR) is 118 cm³/mol. The standard InChI is InChI=1S/C24H27N3O4/c1-15(2)13-21(29)25-19-11-7-17(8-12-19)20(28)14-27-22(30)24(4,26-23(27)31)18-9-5-16(3)6-10-18/h5-12,15H,13-14H2,1-4H3,(H,25,29)(H,26,31)/t24-/m0/s1. The van der Waals surface area contributed by atoms with Crippen LogP contribution < -0.4 is 10.6 Å². The predicted octanol–water partition coefficient (Wildman–Crippen LogP) is 3.63. The first-order valence-electron chi connectivity index (χ1n) is 10.2. The summed E-state index contributed by atoms with van der Waals surface area (Å²) in [5.74, 6) is -0.677. The summed E-state index contributed by atoms with van der Waals surface area (Å²) < 4.78 is 0. The zero-order valence-electron chi connectivity index (χ0n) is 18.2. The lowest BCUT2D eigenvalue weighted by molar-refractivity contribution is -0.130. The quantitative estimate of drug-likeness (QED) is 0.527. The normalized spacial score (nSPS) is 18.3. The lowest BCUT2D eigenvalue weighted by Crippen LogP contribution is -2.41. The molecule has 0 aromatic heterocycles. The second kappa shape index (κ2) is 8.71. The third kappa shape index (κ3) is 4.82. The second-order valence-electron chi connectivity index (χ2n) is 8.46. The van der Waals surface area contributed by atoms with Crippen LogP contribution >= 0.6 is 0 Å². The van der Waals surface area contributed by atoms with Crippen LogP contribution in [0.5, 0.6) is 0 Å². The highest BCUT2D eigenvalue weighted by atomic mass is 16.2. The number of carbonyl (C=O) groups is 4. The van der Waals surface area contributed by atoms with Crippen molar-refractivity contribution in [3.8, 4) is 0 Å². The van der Waals surface area contributed by atoms with E-state index in [1.807, 2.05) is 32.9 Å². The first-order chi connectivity index (χ1) is 14.6. The minimum atomic E-state index is -1.21. The first kappa shape index (κ1) is 22.2. The first-order valence-corrected chi connectivity index (χ1v) is 10.2. The lowest BCUT2D eigenvalue weighted by Gasteiger charge is -2.22. The van der Waals surface area contributed by atoms with E-state index >= 15 is 0 Å². The van der Waals surface area contributed by atoms with Gasteiger partial charge < -0.3 is 10.6 Å². The molecule has 7 heteroatoms. The van der Waals surface area contributed by atoms with Gasteiger partial charge in [0, 0.05) is 17.7 Å². The number of aryl methyl sites for hydroxylation is 1. The van der Waals surface area contributed by atoms with Crippen LogP contribution in [0.25, 0.3) is 0 Å². The molecule has 1 saturated heterocycles. The van der Waals surface area contributed by atoms with Gasteiger partial charge in [-0.1, -0.05) is 43.7 Å². The van der Waals surface area contributed by atoms with Crippen LogP contribution in [-0.2, 0) is 15.1 Å². The molecule has 31 heavy (non-hydrogen) atoms. The van der Waals surface area contributed by atoms with Gasteiger partial charge in [-0.3, -0.25) is 19.3 Å². The zero-order chi connectivity index (χ0) is 22.8. The SMILES string of the molecule is Cc1ccc([C@]2(C)NC(=O)N(CC(=O)c3ccc(NC(=O)CC(C)C)cc3)C2=O)cc1. The van der Waals surface area contributed by atoms with E-state index in [0.29, 0.717) is 23.2 Å². The number of ketones is 1. The fraction of sp³-hybridized carbons (Fsp3) is 0.333. The lowest BCUT2D eigenvalue weighted by atomic mass is 9.91. The topological polar surface area (TPSA) is 95.6 Å². The molecule has 0 aliphatic carbocycles. The molecule has 0 unspecified atom stereocenters. The van der Waals surface area contributed by atoms with Gasteiger partial charge in [0.2, 0.25) is 5.91 Å². The van der Waals surface area contributed by atoms with E-state index < -0.39 is 17.5 Å². The van der Waals surface area contributed by atoms with Crippen molar-refractivity contribution >= 4 is 29.3 Å². The molecular formula is C24H27N3O4. The number of rotatable bonds is 7. The number of imide groups is 1. The molecule has 1 fully saturated rings. The van der Waals surface area contributed by atoms with Gasteiger partial charge in [0.25, 0.3) is 5.91 Å². The van der Waals surface area contributed by atoms with Gasteiger partial charge in [0.1, 0.15) is 5.54 Å². The number of nitrogens with one attached hydrogen (secondary N) is 2. The molecule has 2 N–H and O–H groups in total. The highest BCUT2D eigenvalue weighted by Gasteiger charge is 2.49. The molecule has 2 aromatic carbocycles. The molecule has 7 nitrogen and oxygen atoms in total. The minimum Gasteiger partial charge on any atom is -0.326 e. The van der Waals surface area contributed by atoms with Crippen LogP contribution in [-0.4, -0.2) is 35.1 Å². The van der Waals surface area contributed by atoms with Gasteiger partial charge in [-0.25, -0.2) is 4.79 Å². The Bertz CT molecular complexity index is 1010. The van der Waals surface area contributed by atoms with E-state index in [0.717, 1.165) is 10.5 Å². The summed E-state index contributed by atoms with van der Waals surface area (Å²) in [6.45, 7) is 7.14. The maximum absolute atomic E-state index is 13.0. The number of urea groups is 1. The Hall–Kier alpha value is -3.48. The molecule has 4 amide bonds. The number of Topliss-reactive ketones (excluding diaryl/α,β-unsaturated/α-hetero) is 1. The number of amides is 4. The van der Waals surface area contributed by atoms with E-state index in [-0.39, 0.29) is 24.2 Å². The Kier molecular flexibility index (Phi) is 6.24. The Morgan fingerprint density at radius 3 is 2.23 bits per heavy atom. The van der Waals surface area contributed by atoms with Crippen LogP contribution in [0.3, 0.4) is 0 Å².